The van der Waals surface area contributed by atoms with Crippen molar-refractivity contribution < 1.29 is 23.9 Å². The molecule has 0 aliphatic rings. The maximum absolute atomic E-state index is 11.2. The first-order valence-corrected chi connectivity index (χ1v) is 6.20. The van der Waals surface area contributed by atoms with Crippen LogP contribution in [0.5, 0.6) is 0 Å². The number of methoxy groups -OCH3 is 1. The van der Waals surface area contributed by atoms with Gasteiger partial charge >= 0.3 is 12.1 Å². The van der Waals surface area contributed by atoms with Crippen molar-refractivity contribution in [3.63, 3.8) is 0 Å². The van der Waals surface area contributed by atoms with Crippen molar-refractivity contribution in [1.29, 1.82) is 0 Å². The van der Waals surface area contributed by atoms with Gasteiger partial charge < -0.3 is 15.2 Å². The van der Waals surface area contributed by atoms with E-state index in [-0.39, 0.29) is 0 Å². The van der Waals surface area contributed by atoms with Gasteiger partial charge in [-0.2, -0.15) is 5.48 Å². The third-order valence-corrected chi connectivity index (χ3v) is 2.07. The Morgan fingerprint density at radius 3 is 2.42 bits per heavy atom. The van der Waals surface area contributed by atoms with E-state index in [9.17, 15) is 9.59 Å². The van der Waals surface area contributed by atoms with Gasteiger partial charge in [0.15, 0.2) is 0 Å². The number of unbranched alkanes of at least 4 members (excludes halogenated alkanes) is 1. The molecule has 0 radical (unpaired) electrons. The Morgan fingerprint density at radius 2 is 1.89 bits per heavy atom. The van der Waals surface area contributed by atoms with Gasteiger partial charge in [0.2, 0.25) is 0 Å². The number of hydroxylamine groups is 1. The zero-order valence-corrected chi connectivity index (χ0v) is 12.0. The van der Waals surface area contributed by atoms with Crippen molar-refractivity contribution in [2.45, 2.75) is 51.7 Å². The van der Waals surface area contributed by atoms with Gasteiger partial charge in [-0.15, -0.1) is 0 Å². The quantitative estimate of drug-likeness (QED) is 0.410. The van der Waals surface area contributed by atoms with E-state index in [0.717, 1.165) is 0 Å². The SMILES string of the molecule is COC(=O)[C@@H](N)CCCCONC(=O)OC(C)(C)C. The Balaban J connectivity index is 3.51. The Hall–Kier alpha value is -1.34. The molecule has 0 fully saturated rings. The molecular formula is C12H24N2O5. The second-order valence-corrected chi connectivity index (χ2v) is 5.08. The topological polar surface area (TPSA) is 99.9 Å². The molecule has 0 bridgehead atoms. The lowest BCUT2D eigenvalue weighted by Crippen LogP contribution is -2.33. The number of rotatable bonds is 7. The number of hydrogen-bond donors (Lipinski definition) is 2. The molecule has 0 saturated carbocycles. The fourth-order valence-corrected chi connectivity index (χ4v) is 1.22. The molecule has 0 unspecified atom stereocenters. The number of hydrogen-bond acceptors (Lipinski definition) is 6. The lowest BCUT2D eigenvalue weighted by atomic mass is 10.1. The summed E-state index contributed by atoms with van der Waals surface area (Å²) in [4.78, 5) is 27.1. The van der Waals surface area contributed by atoms with E-state index in [1.807, 2.05) is 0 Å². The molecule has 1 amide bonds. The normalized spacial score (nSPS) is 12.7. The van der Waals surface area contributed by atoms with Crippen LogP contribution in [-0.2, 0) is 19.1 Å². The van der Waals surface area contributed by atoms with Gasteiger partial charge in [-0.05, 0) is 40.0 Å². The standard InChI is InChI=1S/C12H24N2O5/c1-12(2,3)19-11(16)14-18-8-6-5-7-9(13)10(15)17-4/h9H,5-8,13H2,1-4H3,(H,14,16)/t9-/m0/s1. The highest BCUT2D eigenvalue weighted by molar-refractivity contribution is 5.75. The van der Waals surface area contributed by atoms with E-state index in [4.69, 9.17) is 15.3 Å². The maximum atomic E-state index is 11.2. The minimum absolute atomic E-state index is 0.327. The molecule has 0 aliphatic heterocycles. The van der Waals surface area contributed by atoms with Crippen molar-refractivity contribution in [2.24, 2.45) is 5.73 Å². The van der Waals surface area contributed by atoms with Crippen molar-refractivity contribution in [2.75, 3.05) is 13.7 Å². The average molecular weight is 276 g/mol. The minimum atomic E-state index is -0.626. The monoisotopic (exact) mass is 276 g/mol. The van der Waals surface area contributed by atoms with Gasteiger partial charge in [-0.1, -0.05) is 0 Å². The summed E-state index contributed by atoms with van der Waals surface area (Å²) in [6, 6.07) is -0.608. The summed E-state index contributed by atoms with van der Waals surface area (Å²) < 4.78 is 9.47. The Bertz CT molecular complexity index is 288. The molecule has 7 heteroatoms. The largest absolute Gasteiger partial charge is 0.468 e. The van der Waals surface area contributed by atoms with Crippen LogP contribution >= 0.6 is 0 Å². The highest BCUT2D eigenvalue weighted by Crippen LogP contribution is 2.06. The molecule has 0 aromatic rings. The molecule has 7 nitrogen and oxygen atoms in total. The van der Waals surface area contributed by atoms with Gasteiger partial charge in [-0.3, -0.25) is 9.63 Å². The fourth-order valence-electron chi connectivity index (χ4n) is 1.22. The first-order chi connectivity index (χ1) is 8.76. The van der Waals surface area contributed by atoms with Gasteiger partial charge in [0.05, 0.1) is 13.7 Å². The first-order valence-electron chi connectivity index (χ1n) is 6.20. The summed E-state index contributed by atoms with van der Waals surface area (Å²) in [5.74, 6) is -0.423. The zero-order chi connectivity index (χ0) is 14.9. The Morgan fingerprint density at radius 1 is 1.26 bits per heavy atom. The third-order valence-electron chi connectivity index (χ3n) is 2.07. The molecule has 0 spiro atoms. The van der Waals surface area contributed by atoms with E-state index in [0.29, 0.717) is 25.9 Å². The Kier molecular flexibility index (Phi) is 8.09. The molecule has 112 valence electrons. The van der Waals surface area contributed by atoms with Gasteiger partial charge in [-0.25, -0.2) is 4.79 Å². The average Bonchev–Trinajstić information content (AvgIpc) is 2.29. The number of amides is 1. The van der Waals surface area contributed by atoms with E-state index in [2.05, 4.69) is 10.2 Å². The molecule has 1 atom stereocenters. The third kappa shape index (κ3) is 10.3. The number of ether oxygens (including phenoxy) is 2. The zero-order valence-electron chi connectivity index (χ0n) is 12.0. The van der Waals surface area contributed by atoms with Crippen LogP contribution in [0.25, 0.3) is 0 Å². The lowest BCUT2D eigenvalue weighted by molar-refractivity contribution is -0.142. The van der Waals surface area contributed by atoms with Crippen molar-refractivity contribution in [3.8, 4) is 0 Å². The predicted octanol–water partition coefficient (Wildman–Crippen LogP) is 1.11. The molecule has 3 N–H and O–H groups in total. The Labute approximate surface area is 113 Å². The molecular weight excluding hydrogens is 252 g/mol. The highest BCUT2D eigenvalue weighted by Gasteiger charge is 2.16. The van der Waals surface area contributed by atoms with Crippen LogP contribution in [0, 0.1) is 0 Å². The van der Waals surface area contributed by atoms with Gasteiger partial charge in [0.25, 0.3) is 0 Å². The first kappa shape index (κ1) is 17.7. The van der Waals surface area contributed by atoms with Crippen LogP contribution in [0.1, 0.15) is 40.0 Å². The predicted molar refractivity (Wildman–Crippen MR) is 69.2 cm³/mol. The van der Waals surface area contributed by atoms with E-state index in [1.165, 1.54) is 7.11 Å². The summed E-state index contributed by atoms with van der Waals surface area (Å²) >= 11 is 0. The van der Waals surface area contributed by atoms with Crippen LogP contribution in [-0.4, -0.2) is 37.4 Å². The van der Waals surface area contributed by atoms with Crippen LogP contribution in [0.4, 0.5) is 4.79 Å². The molecule has 0 heterocycles. The maximum Gasteiger partial charge on any atom is 0.431 e. The summed E-state index contributed by atoms with van der Waals surface area (Å²) in [5, 5.41) is 0. The fraction of sp³-hybridized carbons (Fsp3) is 0.833. The van der Waals surface area contributed by atoms with Crippen LogP contribution in [0.3, 0.4) is 0 Å². The summed E-state index contributed by atoms with van der Waals surface area (Å²) in [6.07, 6.45) is 1.26. The van der Waals surface area contributed by atoms with E-state index in [1.54, 1.807) is 20.8 Å². The van der Waals surface area contributed by atoms with Gasteiger partial charge in [0.1, 0.15) is 11.6 Å². The number of esters is 1. The molecule has 0 saturated heterocycles. The number of carbonyl (C=O) groups excluding carboxylic acids is 2. The molecule has 0 aliphatic carbocycles. The van der Waals surface area contributed by atoms with E-state index < -0.39 is 23.7 Å². The molecule has 0 aromatic carbocycles. The number of nitrogens with two attached hydrogens (primary N) is 1. The van der Waals surface area contributed by atoms with Gasteiger partial charge in [0, 0.05) is 0 Å². The van der Waals surface area contributed by atoms with Crippen molar-refractivity contribution in [1.82, 2.24) is 5.48 Å². The van der Waals surface area contributed by atoms with Crippen LogP contribution < -0.4 is 11.2 Å². The minimum Gasteiger partial charge on any atom is -0.468 e. The summed E-state index contributed by atoms with van der Waals surface area (Å²) in [6.45, 7) is 5.62. The second kappa shape index (κ2) is 8.71. The molecule has 19 heavy (non-hydrogen) atoms. The smallest absolute Gasteiger partial charge is 0.431 e. The number of carbonyl (C=O) groups is 2. The van der Waals surface area contributed by atoms with Crippen molar-refractivity contribution >= 4 is 12.1 Å². The molecule has 0 aromatic heterocycles. The number of nitrogens with one attached hydrogen (secondary N) is 1. The summed E-state index contributed by atoms with van der Waals surface area (Å²) in [7, 11) is 1.30. The van der Waals surface area contributed by atoms with E-state index >= 15 is 0 Å². The van der Waals surface area contributed by atoms with Crippen LogP contribution in [0.15, 0.2) is 0 Å². The highest BCUT2D eigenvalue weighted by atomic mass is 16.7. The van der Waals surface area contributed by atoms with Crippen molar-refractivity contribution in [3.05, 3.63) is 0 Å². The second-order valence-electron chi connectivity index (χ2n) is 5.08. The lowest BCUT2D eigenvalue weighted by Gasteiger charge is -2.19. The molecule has 0 rings (SSSR count). The summed E-state index contributed by atoms with van der Waals surface area (Å²) in [5.41, 5.74) is 7.18. The van der Waals surface area contributed by atoms with Crippen LogP contribution in [0.2, 0.25) is 0 Å².